The second-order valence-corrected chi connectivity index (χ2v) is 8.15. The van der Waals surface area contributed by atoms with Gasteiger partial charge >= 0.3 is 6.03 Å². The fraction of sp³-hybridized carbons (Fsp3) is 0.619. The lowest BCUT2D eigenvalue weighted by Gasteiger charge is -2.34. The lowest BCUT2D eigenvalue weighted by Crippen LogP contribution is -2.52. The number of urea groups is 1. The molecule has 28 heavy (non-hydrogen) atoms. The highest BCUT2D eigenvalue weighted by Crippen LogP contribution is 2.25. The monoisotopic (exact) mass is 407 g/mol. The first-order chi connectivity index (χ1) is 13.5. The molecule has 1 atom stereocenters. The number of nitrogens with one attached hydrogen (secondary N) is 2. The van der Waals surface area contributed by atoms with Gasteiger partial charge in [0.1, 0.15) is 5.75 Å². The molecule has 0 spiro atoms. The molecule has 3 rings (SSSR count). The minimum absolute atomic E-state index is 0.0509. The summed E-state index contributed by atoms with van der Waals surface area (Å²) in [6.45, 7) is 2.97. The van der Waals surface area contributed by atoms with Crippen molar-refractivity contribution in [1.82, 2.24) is 15.5 Å². The van der Waals surface area contributed by atoms with E-state index in [2.05, 4.69) is 10.6 Å². The van der Waals surface area contributed by atoms with Crippen molar-refractivity contribution in [2.45, 2.75) is 70.1 Å². The zero-order chi connectivity index (χ0) is 19.9. The number of ether oxygens (including phenoxy) is 1. The van der Waals surface area contributed by atoms with Crippen molar-refractivity contribution in [1.29, 1.82) is 0 Å². The van der Waals surface area contributed by atoms with Crippen molar-refractivity contribution < 1.29 is 14.3 Å². The average Bonchev–Trinajstić information content (AvgIpc) is 2.70. The van der Waals surface area contributed by atoms with Gasteiger partial charge in [-0.25, -0.2) is 4.79 Å². The highest BCUT2D eigenvalue weighted by molar-refractivity contribution is 6.32. The van der Waals surface area contributed by atoms with Crippen LogP contribution in [0.15, 0.2) is 24.3 Å². The van der Waals surface area contributed by atoms with Crippen LogP contribution in [0.2, 0.25) is 5.02 Å². The summed E-state index contributed by atoms with van der Waals surface area (Å²) >= 11 is 6.10. The number of rotatable bonds is 5. The van der Waals surface area contributed by atoms with Gasteiger partial charge in [-0.2, -0.15) is 0 Å². The number of piperidine rings is 1. The predicted molar refractivity (Wildman–Crippen MR) is 110 cm³/mol. The largest absolute Gasteiger partial charge is 0.479 e. The summed E-state index contributed by atoms with van der Waals surface area (Å²) < 4.78 is 5.73. The van der Waals surface area contributed by atoms with Crippen LogP contribution in [0.4, 0.5) is 4.79 Å². The third-order valence-electron chi connectivity index (χ3n) is 5.57. The van der Waals surface area contributed by atoms with Gasteiger partial charge in [0, 0.05) is 25.2 Å². The Labute approximate surface area is 171 Å². The lowest BCUT2D eigenvalue weighted by molar-refractivity contribution is -0.139. The van der Waals surface area contributed by atoms with Crippen LogP contribution >= 0.6 is 11.6 Å². The Hall–Kier alpha value is -1.95. The van der Waals surface area contributed by atoms with Crippen molar-refractivity contribution in [3.8, 4) is 5.75 Å². The van der Waals surface area contributed by atoms with Gasteiger partial charge in [-0.1, -0.05) is 43.0 Å². The number of carbonyl (C=O) groups excluding carboxylic acids is 2. The fourth-order valence-corrected chi connectivity index (χ4v) is 4.12. The van der Waals surface area contributed by atoms with Gasteiger partial charge in [-0.3, -0.25) is 4.79 Å². The van der Waals surface area contributed by atoms with Crippen molar-refractivity contribution in [3.05, 3.63) is 29.3 Å². The number of benzene rings is 1. The van der Waals surface area contributed by atoms with Crippen LogP contribution in [0.1, 0.15) is 51.9 Å². The van der Waals surface area contributed by atoms with E-state index in [1.165, 1.54) is 19.3 Å². The second-order valence-electron chi connectivity index (χ2n) is 7.74. The highest BCUT2D eigenvalue weighted by atomic mass is 35.5. The summed E-state index contributed by atoms with van der Waals surface area (Å²) in [6.07, 6.45) is 6.71. The van der Waals surface area contributed by atoms with Crippen LogP contribution in [-0.2, 0) is 4.79 Å². The molecule has 1 saturated heterocycles. The molecule has 1 unspecified atom stereocenters. The maximum Gasteiger partial charge on any atom is 0.315 e. The van der Waals surface area contributed by atoms with Crippen molar-refractivity contribution >= 4 is 23.5 Å². The second kappa shape index (κ2) is 10.0. The van der Waals surface area contributed by atoms with Crippen LogP contribution in [0.5, 0.6) is 5.75 Å². The van der Waals surface area contributed by atoms with Gasteiger partial charge in [0.2, 0.25) is 0 Å². The number of hydrogen-bond donors (Lipinski definition) is 2. The number of amides is 3. The molecule has 0 bridgehead atoms. The Kier molecular flexibility index (Phi) is 7.43. The van der Waals surface area contributed by atoms with Crippen molar-refractivity contribution in [2.24, 2.45) is 0 Å². The Morgan fingerprint density at radius 1 is 1.04 bits per heavy atom. The Morgan fingerprint density at radius 3 is 2.29 bits per heavy atom. The van der Waals surface area contributed by atoms with Gasteiger partial charge in [-0.15, -0.1) is 0 Å². The molecule has 6 nitrogen and oxygen atoms in total. The minimum Gasteiger partial charge on any atom is -0.479 e. The molecule has 1 aliphatic heterocycles. The molecule has 1 heterocycles. The third-order valence-corrected chi connectivity index (χ3v) is 5.88. The van der Waals surface area contributed by atoms with Gasteiger partial charge in [0.15, 0.2) is 6.10 Å². The lowest BCUT2D eigenvalue weighted by atomic mass is 9.96. The molecule has 154 valence electrons. The van der Waals surface area contributed by atoms with Gasteiger partial charge in [0.05, 0.1) is 5.02 Å². The molecule has 7 heteroatoms. The van der Waals surface area contributed by atoms with Gasteiger partial charge in [-0.05, 0) is 44.7 Å². The maximum absolute atomic E-state index is 12.7. The smallest absolute Gasteiger partial charge is 0.315 e. The average molecular weight is 408 g/mol. The van der Waals surface area contributed by atoms with Crippen LogP contribution in [0.3, 0.4) is 0 Å². The molecule has 1 aromatic rings. The zero-order valence-corrected chi connectivity index (χ0v) is 17.2. The number of carbonyl (C=O) groups is 2. The first-order valence-corrected chi connectivity index (χ1v) is 10.7. The Balaban J connectivity index is 1.41. The Bertz CT molecular complexity index is 671. The summed E-state index contributed by atoms with van der Waals surface area (Å²) in [6, 6.07) is 7.48. The van der Waals surface area contributed by atoms with E-state index in [0.717, 1.165) is 25.7 Å². The van der Waals surface area contributed by atoms with E-state index in [1.807, 2.05) is 12.1 Å². The highest BCUT2D eigenvalue weighted by Gasteiger charge is 2.28. The van der Waals surface area contributed by atoms with Crippen LogP contribution < -0.4 is 15.4 Å². The fourth-order valence-electron chi connectivity index (χ4n) is 3.94. The predicted octanol–water partition coefficient (Wildman–Crippen LogP) is 3.73. The maximum atomic E-state index is 12.7. The van der Waals surface area contributed by atoms with E-state index in [9.17, 15) is 9.59 Å². The molecular weight excluding hydrogens is 378 g/mol. The van der Waals surface area contributed by atoms with Crippen LogP contribution in [0.25, 0.3) is 0 Å². The van der Waals surface area contributed by atoms with E-state index in [0.29, 0.717) is 29.9 Å². The summed E-state index contributed by atoms with van der Waals surface area (Å²) in [5.74, 6) is 0.464. The standard InChI is InChI=1S/C21H30ClN3O3/c1-15(28-19-10-6-5-9-18(19)22)20(26)25-13-11-17(12-14-25)24-21(27)23-16-7-3-2-4-8-16/h5-6,9-10,15-17H,2-4,7-8,11-14H2,1H3,(H2,23,24,27). The molecule has 1 saturated carbocycles. The van der Waals surface area contributed by atoms with E-state index in [1.54, 1.807) is 24.0 Å². The third kappa shape index (κ3) is 5.77. The molecule has 2 fully saturated rings. The van der Waals surface area contributed by atoms with E-state index >= 15 is 0 Å². The molecule has 0 radical (unpaired) electrons. The number of para-hydroxylation sites is 1. The summed E-state index contributed by atoms with van der Waals surface area (Å²) in [4.78, 5) is 26.7. The number of halogens is 1. The Morgan fingerprint density at radius 2 is 1.64 bits per heavy atom. The van der Waals surface area contributed by atoms with Crippen molar-refractivity contribution in [3.63, 3.8) is 0 Å². The molecule has 0 aromatic heterocycles. The molecule has 2 N–H and O–H groups in total. The normalized spacial score (nSPS) is 19.7. The molecular formula is C21H30ClN3O3. The van der Waals surface area contributed by atoms with Crippen LogP contribution in [-0.4, -0.2) is 48.1 Å². The molecule has 1 aromatic carbocycles. The SMILES string of the molecule is CC(Oc1ccccc1Cl)C(=O)N1CCC(NC(=O)NC2CCCCC2)CC1. The first kappa shape index (κ1) is 20.8. The number of nitrogens with zero attached hydrogens (tertiary/aromatic N) is 1. The quantitative estimate of drug-likeness (QED) is 0.781. The molecule has 3 amide bonds. The van der Waals surface area contributed by atoms with Crippen molar-refractivity contribution in [2.75, 3.05) is 13.1 Å². The summed E-state index contributed by atoms with van der Waals surface area (Å²) in [5.41, 5.74) is 0. The van der Waals surface area contributed by atoms with E-state index in [-0.39, 0.29) is 18.0 Å². The summed E-state index contributed by atoms with van der Waals surface area (Å²) in [5, 5.41) is 6.65. The van der Waals surface area contributed by atoms with E-state index < -0.39 is 6.10 Å². The van der Waals surface area contributed by atoms with Crippen LogP contribution in [0, 0.1) is 0 Å². The summed E-state index contributed by atoms with van der Waals surface area (Å²) in [7, 11) is 0. The number of hydrogen-bond acceptors (Lipinski definition) is 3. The molecule has 1 aliphatic carbocycles. The first-order valence-electron chi connectivity index (χ1n) is 10.3. The van der Waals surface area contributed by atoms with E-state index in [4.69, 9.17) is 16.3 Å². The molecule has 2 aliphatic rings. The van der Waals surface area contributed by atoms with Gasteiger partial charge in [0.25, 0.3) is 5.91 Å². The minimum atomic E-state index is -0.598. The zero-order valence-electron chi connectivity index (χ0n) is 16.5. The van der Waals surface area contributed by atoms with Gasteiger partial charge < -0.3 is 20.3 Å². The number of likely N-dealkylation sites (tertiary alicyclic amines) is 1. The topological polar surface area (TPSA) is 70.7 Å².